The summed E-state index contributed by atoms with van der Waals surface area (Å²) < 4.78 is 28.2. The first-order valence-electron chi connectivity index (χ1n) is 10.6. The largest absolute Gasteiger partial charge is 0.497 e. The van der Waals surface area contributed by atoms with Crippen LogP contribution in [0.25, 0.3) is 11.0 Å². The van der Waals surface area contributed by atoms with Crippen molar-refractivity contribution in [3.05, 3.63) is 41.2 Å². The summed E-state index contributed by atoms with van der Waals surface area (Å²) in [6.07, 6.45) is 0. The summed E-state index contributed by atoms with van der Waals surface area (Å²) in [5, 5.41) is 2.01. The Morgan fingerprint density at radius 1 is 0.875 bits per heavy atom. The number of fused-ring (bicyclic) bond motifs is 1. The number of ether oxygens (including phenoxy) is 4. The van der Waals surface area contributed by atoms with E-state index in [1.165, 1.54) is 21.3 Å². The molecule has 7 heteroatoms. The van der Waals surface area contributed by atoms with Crippen molar-refractivity contribution in [1.29, 1.82) is 0 Å². The second-order valence-corrected chi connectivity index (χ2v) is 12.0. The van der Waals surface area contributed by atoms with E-state index >= 15 is 0 Å². The molecule has 0 unspecified atom stereocenters. The van der Waals surface area contributed by atoms with Gasteiger partial charge in [-0.3, -0.25) is 4.79 Å². The third-order valence-electron chi connectivity index (χ3n) is 5.49. The molecule has 0 spiro atoms. The van der Waals surface area contributed by atoms with Crippen molar-refractivity contribution in [2.24, 2.45) is 0 Å². The van der Waals surface area contributed by atoms with Crippen LogP contribution >= 0.6 is 0 Å². The molecule has 2 aromatic carbocycles. The van der Waals surface area contributed by atoms with E-state index in [4.69, 9.17) is 23.4 Å². The van der Waals surface area contributed by atoms with Gasteiger partial charge in [0.2, 0.25) is 5.75 Å². The van der Waals surface area contributed by atoms with Gasteiger partial charge in [0.05, 0.1) is 42.8 Å². The Morgan fingerprint density at radius 3 is 1.91 bits per heavy atom. The maximum atomic E-state index is 14.0. The van der Waals surface area contributed by atoms with Gasteiger partial charge in [0.1, 0.15) is 17.1 Å². The molecule has 0 saturated heterocycles. The third kappa shape index (κ3) is 4.09. The lowest BCUT2D eigenvalue weighted by molar-refractivity contribution is 0.103. The number of rotatable bonds is 7. The van der Waals surface area contributed by atoms with E-state index in [1.54, 1.807) is 19.2 Å². The molecule has 172 valence electrons. The van der Waals surface area contributed by atoms with Crippen LogP contribution in [0.1, 0.15) is 42.5 Å². The summed E-state index contributed by atoms with van der Waals surface area (Å²) in [6, 6.07) is 7.26. The van der Waals surface area contributed by atoms with Crippen LogP contribution in [0.15, 0.2) is 28.7 Å². The van der Waals surface area contributed by atoms with Crippen LogP contribution in [0, 0.1) is 0 Å². The summed E-state index contributed by atoms with van der Waals surface area (Å²) in [6.45, 7) is 10.6. The van der Waals surface area contributed by atoms with E-state index < -0.39 is 8.80 Å². The fourth-order valence-corrected chi connectivity index (χ4v) is 5.27. The van der Waals surface area contributed by atoms with Crippen molar-refractivity contribution < 1.29 is 28.2 Å². The summed E-state index contributed by atoms with van der Waals surface area (Å²) in [7, 11) is 4.92. The van der Waals surface area contributed by atoms with E-state index in [0.717, 1.165) is 16.3 Å². The predicted octanol–water partition coefficient (Wildman–Crippen LogP) is 4.69. The molecule has 32 heavy (non-hydrogen) atoms. The molecule has 0 atom stereocenters. The first-order valence-corrected chi connectivity index (χ1v) is 13.5. The highest BCUT2D eigenvalue weighted by Crippen LogP contribution is 2.41. The smallest absolute Gasteiger partial charge is 0.203 e. The van der Waals surface area contributed by atoms with E-state index in [0.29, 0.717) is 39.7 Å². The standard InChI is InChI=1S/C25H32O6Si/c1-25(2,3)24-21(20-16(31-24)12-15(27-4)13-19(20)32(8)9)22(26)14-10-17(28-5)23(30-7)18(11-14)29-6/h10-13,32H,1-9H3. The van der Waals surface area contributed by atoms with Crippen LogP contribution in [-0.4, -0.2) is 43.0 Å². The Morgan fingerprint density at radius 2 is 1.47 bits per heavy atom. The van der Waals surface area contributed by atoms with Crippen LogP contribution in [0.2, 0.25) is 13.1 Å². The highest BCUT2D eigenvalue weighted by Gasteiger charge is 2.32. The molecule has 0 N–H and O–H groups in total. The van der Waals surface area contributed by atoms with Gasteiger partial charge in [0.25, 0.3) is 0 Å². The lowest BCUT2D eigenvalue weighted by Crippen LogP contribution is -2.25. The van der Waals surface area contributed by atoms with Gasteiger partial charge in [-0.15, -0.1) is 0 Å². The first-order chi connectivity index (χ1) is 15.1. The van der Waals surface area contributed by atoms with Crippen LogP contribution < -0.4 is 24.1 Å². The van der Waals surface area contributed by atoms with E-state index in [1.807, 2.05) is 32.9 Å². The molecule has 1 aromatic heterocycles. The Hall–Kier alpha value is -2.93. The molecule has 0 amide bonds. The number of ketones is 1. The lowest BCUT2D eigenvalue weighted by Gasteiger charge is -2.18. The SMILES string of the molecule is COc1cc([SiH](C)C)c2c(C(=O)c3cc(OC)c(OC)c(OC)c3)c(C(C)(C)C)oc2c1. The van der Waals surface area contributed by atoms with Crippen LogP contribution in [0.5, 0.6) is 23.0 Å². The number of hydrogen-bond donors (Lipinski definition) is 0. The second kappa shape index (κ2) is 8.90. The normalized spacial score (nSPS) is 11.7. The number of furan rings is 1. The molecule has 0 bridgehead atoms. The molecular weight excluding hydrogens is 424 g/mol. The zero-order valence-corrected chi connectivity index (χ0v) is 21.5. The molecular formula is C25H32O6Si. The van der Waals surface area contributed by atoms with Gasteiger partial charge in [-0.1, -0.05) is 33.9 Å². The average Bonchev–Trinajstić information content (AvgIpc) is 3.16. The molecule has 0 fully saturated rings. The van der Waals surface area contributed by atoms with Gasteiger partial charge in [-0.25, -0.2) is 0 Å². The molecule has 0 aliphatic heterocycles. The summed E-state index contributed by atoms with van der Waals surface area (Å²) in [5.41, 5.74) is 1.31. The van der Waals surface area contributed by atoms with Crippen molar-refractivity contribution in [2.75, 3.05) is 28.4 Å². The van der Waals surface area contributed by atoms with Crippen molar-refractivity contribution in [3.8, 4) is 23.0 Å². The van der Waals surface area contributed by atoms with Gasteiger partial charge in [0.15, 0.2) is 17.3 Å². The van der Waals surface area contributed by atoms with Crippen molar-refractivity contribution in [2.45, 2.75) is 39.3 Å². The van der Waals surface area contributed by atoms with Crippen LogP contribution in [0.4, 0.5) is 0 Å². The minimum Gasteiger partial charge on any atom is -0.497 e. The summed E-state index contributed by atoms with van der Waals surface area (Å²) in [5.74, 6) is 2.54. The Bertz CT molecular complexity index is 1130. The molecule has 1 heterocycles. The second-order valence-electron chi connectivity index (χ2n) is 9.04. The van der Waals surface area contributed by atoms with E-state index in [9.17, 15) is 4.79 Å². The fraction of sp³-hybridized carbons (Fsp3) is 0.400. The van der Waals surface area contributed by atoms with E-state index in [2.05, 4.69) is 13.1 Å². The Kier molecular flexibility index (Phi) is 6.60. The number of hydrogen-bond acceptors (Lipinski definition) is 6. The van der Waals surface area contributed by atoms with Crippen molar-refractivity contribution >= 4 is 30.7 Å². The number of methoxy groups -OCH3 is 4. The quantitative estimate of drug-likeness (QED) is 0.380. The van der Waals surface area contributed by atoms with Gasteiger partial charge < -0.3 is 23.4 Å². The number of benzene rings is 2. The van der Waals surface area contributed by atoms with Crippen LogP contribution in [0.3, 0.4) is 0 Å². The number of carbonyl (C=O) groups is 1. The summed E-state index contributed by atoms with van der Waals surface area (Å²) in [4.78, 5) is 14.0. The van der Waals surface area contributed by atoms with Gasteiger partial charge in [-0.05, 0) is 23.4 Å². The Balaban J connectivity index is 2.38. The molecule has 6 nitrogen and oxygen atoms in total. The maximum absolute atomic E-state index is 14.0. The van der Waals surface area contributed by atoms with Crippen molar-refractivity contribution in [3.63, 3.8) is 0 Å². The predicted molar refractivity (Wildman–Crippen MR) is 130 cm³/mol. The van der Waals surface area contributed by atoms with Gasteiger partial charge in [0, 0.05) is 22.4 Å². The van der Waals surface area contributed by atoms with Crippen molar-refractivity contribution in [1.82, 2.24) is 0 Å². The summed E-state index contributed by atoms with van der Waals surface area (Å²) >= 11 is 0. The molecule has 0 radical (unpaired) electrons. The van der Waals surface area contributed by atoms with Crippen LogP contribution in [-0.2, 0) is 5.41 Å². The van der Waals surface area contributed by atoms with Gasteiger partial charge >= 0.3 is 0 Å². The van der Waals surface area contributed by atoms with Gasteiger partial charge in [-0.2, -0.15) is 0 Å². The zero-order valence-electron chi connectivity index (χ0n) is 20.3. The molecule has 3 rings (SSSR count). The molecule has 0 aliphatic rings. The lowest BCUT2D eigenvalue weighted by atomic mass is 9.87. The first kappa shape index (κ1) is 23.7. The monoisotopic (exact) mass is 456 g/mol. The molecule has 3 aromatic rings. The zero-order chi connectivity index (χ0) is 23.8. The Labute approximate surface area is 191 Å². The molecule has 0 saturated carbocycles. The fourth-order valence-electron chi connectivity index (χ4n) is 3.91. The highest BCUT2D eigenvalue weighted by atomic mass is 28.3. The topological polar surface area (TPSA) is 67.1 Å². The average molecular weight is 457 g/mol. The maximum Gasteiger partial charge on any atom is 0.203 e. The minimum absolute atomic E-state index is 0.144. The number of carbonyl (C=O) groups excluding carboxylic acids is 1. The van der Waals surface area contributed by atoms with E-state index in [-0.39, 0.29) is 11.2 Å². The highest BCUT2D eigenvalue weighted by molar-refractivity contribution is 6.73. The minimum atomic E-state index is -1.33. The third-order valence-corrected chi connectivity index (χ3v) is 7.19. The molecule has 0 aliphatic carbocycles.